The van der Waals surface area contributed by atoms with Gasteiger partial charge in [0.1, 0.15) is 11.9 Å². The summed E-state index contributed by atoms with van der Waals surface area (Å²) in [6.07, 6.45) is 2.88. The second-order valence-corrected chi connectivity index (χ2v) is 4.68. The molecule has 2 aromatic heterocycles. The number of aromatic nitrogens is 4. The molecule has 0 spiro atoms. The minimum Gasteiger partial charge on any atom is -0.474 e. The molecule has 0 bridgehead atoms. The minimum atomic E-state index is -0.288. The molecule has 2 heterocycles. The van der Waals surface area contributed by atoms with Crippen molar-refractivity contribution < 1.29 is 4.74 Å². The minimum absolute atomic E-state index is 0.111. The lowest BCUT2D eigenvalue weighted by Gasteiger charge is -2.12. The van der Waals surface area contributed by atoms with Crippen LogP contribution < -0.4 is 16.2 Å². The molecule has 18 heavy (non-hydrogen) atoms. The summed E-state index contributed by atoms with van der Waals surface area (Å²) >= 11 is 0. The van der Waals surface area contributed by atoms with Crippen LogP contribution in [-0.4, -0.2) is 31.7 Å². The van der Waals surface area contributed by atoms with Gasteiger partial charge in [0.05, 0.1) is 0 Å². The molecular weight excluding hydrogens is 234 g/mol. The van der Waals surface area contributed by atoms with E-state index in [4.69, 9.17) is 10.5 Å². The number of hydrogen-bond acceptors (Lipinski definition) is 5. The molecule has 2 unspecified atom stereocenters. The fourth-order valence-corrected chi connectivity index (χ4v) is 2.38. The van der Waals surface area contributed by atoms with Crippen LogP contribution in [0.25, 0.3) is 5.65 Å². The third-order valence-corrected chi connectivity index (χ3v) is 3.26. The molecule has 3 N–H and O–H groups in total. The Morgan fingerprint density at radius 2 is 2.39 bits per heavy atom. The number of hydrogen-bond donors (Lipinski definition) is 2. The van der Waals surface area contributed by atoms with Gasteiger partial charge in [-0.25, -0.2) is 14.3 Å². The maximum absolute atomic E-state index is 11.4. The molecule has 0 saturated heterocycles. The highest BCUT2D eigenvalue weighted by atomic mass is 16.5. The molecule has 7 heteroatoms. The van der Waals surface area contributed by atoms with Crippen molar-refractivity contribution in [1.29, 1.82) is 0 Å². The normalized spacial score (nSPS) is 23.7. The summed E-state index contributed by atoms with van der Waals surface area (Å²) in [6, 6.07) is 1.88. The maximum Gasteiger partial charge on any atom is 0.349 e. The Morgan fingerprint density at radius 1 is 1.56 bits per heavy atom. The van der Waals surface area contributed by atoms with Crippen molar-refractivity contribution in [2.24, 2.45) is 5.73 Å². The van der Waals surface area contributed by atoms with Crippen molar-refractivity contribution in [3.05, 3.63) is 22.4 Å². The lowest BCUT2D eigenvalue weighted by atomic mass is 10.3. The predicted molar refractivity (Wildman–Crippen MR) is 64.6 cm³/mol. The first kappa shape index (κ1) is 11.2. The van der Waals surface area contributed by atoms with E-state index in [1.165, 1.54) is 4.40 Å². The van der Waals surface area contributed by atoms with Gasteiger partial charge in [0.25, 0.3) is 0 Å². The van der Waals surface area contributed by atoms with Crippen LogP contribution in [0.1, 0.15) is 25.1 Å². The zero-order valence-electron chi connectivity index (χ0n) is 10.1. The number of nitrogens with one attached hydrogen (secondary N) is 1. The smallest absolute Gasteiger partial charge is 0.349 e. The summed E-state index contributed by atoms with van der Waals surface area (Å²) in [4.78, 5) is 15.7. The summed E-state index contributed by atoms with van der Waals surface area (Å²) in [6.45, 7) is 1.75. The van der Waals surface area contributed by atoms with Crippen LogP contribution in [0.5, 0.6) is 5.88 Å². The van der Waals surface area contributed by atoms with Crippen molar-refractivity contribution >= 4 is 5.65 Å². The predicted octanol–water partition coefficient (Wildman–Crippen LogP) is -0.0154. The number of nitrogens with two attached hydrogens (primary N) is 1. The average Bonchev–Trinajstić information content (AvgIpc) is 2.86. The van der Waals surface area contributed by atoms with Crippen molar-refractivity contribution in [2.45, 2.75) is 38.3 Å². The molecule has 96 valence electrons. The Hall–Kier alpha value is -1.89. The van der Waals surface area contributed by atoms with Gasteiger partial charge >= 0.3 is 5.69 Å². The highest BCUT2D eigenvalue weighted by molar-refractivity contribution is 5.40. The van der Waals surface area contributed by atoms with E-state index in [1.54, 1.807) is 13.0 Å². The summed E-state index contributed by atoms with van der Waals surface area (Å²) in [5.74, 6) is 1.06. The third kappa shape index (κ3) is 1.86. The van der Waals surface area contributed by atoms with Gasteiger partial charge in [-0.2, -0.15) is 10.1 Å². The zero-order valence-corrected chi connectivity index (χ0v) is 10.1. The van der Waals surface area contributed by atoms with Crippen molar-refractivity contribution in [2.75, 3.05) is 0 Å². The van der Waals surface area contributed by atoms with E-state index in [0.717, 1.165) is 19.3 Å². The molecule has 0 amide bonds. The monoisotopic (exact) mass is 249 g/mol. The largest absolute Gasteiger partial charge is 0.474 e. The molecule has 3 rings (SSSR count). The molecular formula is C11H15N5O2. The summed E-state index contributed by atoms with van der Waals surface area (Å²) < 4.78 is 7.19. The van der Waals surface area contributed by atoms with E-state index < -0.39 is 0 Å². The molecule has 0 aliphatic heterocycles. The van der Waals surface area contributed by atoms with E-state index in [0.29, 0.717) is 17.4 Å². The lowest BCUT2D eigenvalue weighted by molar-refractivity contribution is 0.199. The molecule has 0 aromatic carbocycles. The number of ether oxygens (including phenoxy) is 1. The second kappa shape index (κ2) is 4.09. The van der Waals surface area contributed by atoms with Gasteiger partial charge in [-0.3, -0.25) is 0 Å². The Labute approximate surface area is 103 Å². The van der Waals surface area contributed by atoms with E-state index in [9.17, 15) is 4.79 Å². The Balaban J connectivity index is 1.91. The van der Waals surface area contributed by atoms with Gasteiger partial charge in [-0.1, -0.05) is 0 Å². The summed E-state index contributed by atoms with van der Waals surface area (Å²) in [7, 11) is 0. The fraction of sp³-hybridized carbons (Fsp3) is 0.545. The standard InChI is InChI=1S/C11H15N5O2/c1-6-13-10(18-8-3-2-7(12)4-8)5-9-14-15-11(17)16(6)9/h5,7-8H,2-4,12H2,1H3,(H,15,17). The highest BCUT2D eigenvalue weighted by Crippen LogP contribution is 2.22. The van der Waals surface area contributed by atoms with E-state index in [1.807, 2.05) is 0 Å². The first-order valence-electron chi connectivity index (χ1n) is 6.00. The van der Waals surface area contributed by atoms with E-state index in [2.05, 4.69) is 15.2 Å². The summed E-state index contributed by atoms with van der Waals surface area (Å²) in [5, 5.41) is 6.30. The third-order valence-electron chi connectivity index (χ3n) is 3.26. The van der Waals surface area contributed by atoms with Crippen LogP contribution in [0, 0.1) is 6.92 Å². The van der Waals surface area contributed by atoms with Crippen LogP contribution in [-0.2, 0) is 0 Å². The highest BCUT2D eigenvalue weighted by Gasteiger charge is 2.24. The summed E-state index contributed by atoms with van der Waals surface area (Å²) in [5.41, 5.74) is 6.07. The van der Waals surface area contributed by atoms with Gasteiger partial charge in [0, 0.05) is 12.1 Å². The number of nitrogens with zero attached hydrogens (tertiary/aromatic N) is 3. The number of aromatic amines is 1. The first-order chi connectivity index (χ1) is 8.63. The van der Waals surface area contributed by atoms with Crippen LogP contribution in [0.4, 0.5) is 0 Å². The Kier molecular flexibility index (Phi) is 2.55. The van der Waals surface area contributed by atoms with Gasteiger partial charge < -0.3 is 10.5 Å². The number of aryl methyl sites for hydroxylation is 1. The van der Waals surface area contributed by atoms with Crippen LogP contribution in [0.2, 0.25) is 0 Å². The SMILES string of the molecule is Cc1nc(OC2CCC(N)C2)cc2n[nH]c(=O)n12. The maximum atomic E-state index is 11.4. The molecule has 1 aliphatic rings. The molecule has 1 fully saturated rings. The Morgan fingerprint density at radius 3 is 3.11 bits per heavy atom. The molecule has 0 radical (unpaired) electrons. The van der Waals surface area contributed by atoms with E-state index >= 15 is 0 Å². The van der Waals surface area contributed by atoms with Crippen LogP contribution in [0.15, 0.2) is 10.9 Å². The quantitative estimate of drug-likeness (QED) is 0.779. The molecule has 1 aliphatic carbocycles. The fourth-order valence-electron chi connectivity index (χ4n) is 2.38. The molecule has 7 nitrogen and oxygen atoms in total. The first-order valence-corrected chi connectivity index (χ1v) is 6.00. The average molecular weight is 249 g/mol. The van der Waals surface area contributed by atoms with Crippen molar-refractivity contribution in [1.82, 2.24) is 19.6 Å². The van der Waals surface area contributed by atoms with Gasteiger partial charge in [-0.15, -0.1) is 0 Å². The number of fused-ring (bicyclic) bond motifs is 1. The topological polar surface area (TPSA) is 98.3 Å². The lowest BCUT2D eigenvalue weighted by Crippen LogP contribution is -2.20. The van der Waals surface area contributed by atoms with Crippen LogP contribution >= 0.6 is 0 Å². The zero-order chi connectivity index (χ0) is 12.7. The van der Waals surface area contributed by atoms with Gasteiger partial charge in [-0.05, 0) is 26.2 Å². The molecule has 1 saturated carbocycles. The number of rotatable bonds is 2. The Bertz CT molecular complexity index is 632. The van der Waals surface area contributed by atoms with Crippen LogP contribution in [0.3, 0.4) is 0 Å². The van der Waals surface area contributed by atoms with Gasteiger partial charge in [0.15, 0.2) is 5.65 Å². The molecule has 2 aromatic rings. The van der Waals surface area contributed by atoms with Crippen molar-refractivity contribution in [3.63, 3.8) is 0 Å². The van der Waals surface area contributed by atoms with E-state index in [-0.39, 0.29) is 17.8 Å². The van der Waals surface area contributed by atoms with Crippen molar-refractivity contribution in [3.8, 4) is 5.88 Å². The molecule has 2 atom stereocenters. The second-order valence-electron chi connectivity index (χ2n) is 4.68. The van der Waals surface area contributed by atoms with Gasteiger partial charge in [0.2, 0.25) is 5.88 Å². The number of H-pyrrole nitrogens is 1.